The van der Waals surface area contributed by atoms with E-state index in [-0.39, 0.29) is 18.1 Å². The van der Waals surface area contributed by atoms with Gasteiger partial charge in [-0.3, -0.25) is 14.8 Å². The van der Waals surface area contributed by atoms with E-state index in [1.165, 1.54) is 0 Å². The monoisotopic (exact) mass is 293 g/mol. The van der Waals surface area contributed by atoms with Gasteiger partial charge in [0.15, 0.2) is 0 Å². The van der Waals surface area contributed by atoms with E-state index in [1.807, 2.05) is 24.7 Å². The number of carbonyl (C=O) groups is 1. The third kappa shape index (κ3) is 3.64. The topological polar surface area (TPSA) is 56.1 Å². The molecule has 1 heterocycles. The lowest BCUT2D eigenvalue weighted by molar-refractivity contribution is -0.154. The van der Waals surface area contributed by atoms with E-state index in [1.54, 1.807) is 0 Å². The van der Waals surface area contributed by atoms with Crippen molar-refractivity contribution < 1.29 is 9.53 Å². The van der Waals surface area contributed by atoms with Crippen molar-refractivity contribution in [1.82, 2.24) is 15.1 Å². The molecule has 0 saturated heterocycles. The fourth-order valence-electron chi connectivity index (χ4n) is 3.30. The Morgan fingerprint density at radius 1 is 1.62 bits per heavy atom. The summed E-state index contributed by atoms with van der Waals surface area (Å²) in [5.74, 6) is -0.118. The quantitative estimate of drug-likeness (QED) is 0.848. The highest BCUT2D eigenvalue weighted by Crippen LogP contribution is 2.36. The molecular formula is C16H27N3O2. The van der Waals surface area contributed by atoms with Gasteiger partial charge < -0.3 is 4.74 Å². The first-order chi connectivity index (χ1) is 9.97. The number of nitrogens with one attached hydrogen (secondary N) is 1. The first-order valence-electron chi connectivity index (χ1n) is 7.92. The average Bonchev–Trinajstić information content (AvgIpc) is 2.85. The van der Waals surface area contributed by atoms with Crippen LogP contribution in [0, 0.1) is 6.92 Å². The van der Waals surface area contributed by atoms with Crippen LogP contribution in [0.3, 0.4) is 0 Å². The molecule has 0 aromatic carbocycles. The third-order valence-corrected chi connectivity index (χ3v) is 4.06. The summed E-state index contributed by atoms with van der Waals surface area (Å²) in [6, 6.07) is 0.496. The summed E-state index contributed by atoms with van der Waals surface area (Å²) in [6.45, 7) is 8.46. The molecule has 2 rings (SSSR count). The molecule has 1 aromatic rings. The number of esters is 1. The first-order valence-corrected chi connectivity index (χ1v) is 7.92. The molecule has 1 N–H and O–H groups in total. The normalized spacial score (nSPS) is 26.0. The number of nitrogens with zero attached hydrogens (tertiary/aromatic N) is 2. The van der Waals surface area contributed by atoms with E-state index in [4.69, 9.17) is 4.74 Å². The van der Waals surface area contributed by atoms with E-state index in [2.05, 4.69) is 30.5 Å². The number of rotatable bonds is 5. The van der Waals surface area contributed by atoms with Gasteiger partial charge >= 0.3 is 5.97 Å². The second-order valence-corrected chi connectivity index (χ2v) is 6.35. The van der Waals surface area contributed by atoms with Gasteiger partial charge in [-0.15, -0.1) is 0 Å². The van der Waals surface area contributed by atoms with Crippen molar-refractivity contribution in [3.05, 3.63) is 18.0 Å². The molecule has 118 valence electrons. The molecule has 2 unspecified atom stereocenters. The molecule has 1 aromatic heterocycles. The number of hydrogen-bond donors (Lipinski definition) is 1. The Labute approximate surface area is 127 Å². The molecule has 0 amide bonds. The predicted octanol–water partition coefficient (Wildman–Crippen LogP) is 2.61. The van der Waals surface area contributed by atoms with Gasteiger partial charge in [0, 0.05) is 12.2 Å². The highest BCUT2D eigenvalue weighted by molar-refractivity contribution is 5.81. The number of carbonyl (C=O) groups excluding carboxylic acids is 1. The van der Waals surface area contributed by atoms with Crippen molar-refractivity contribution in [3.63, 3.8) is 0 Å². The predicted molar refractivity (Wildman–Crippen MR) is 82.1 cm³/mol. The summed E-state index contributed by atoms with van der Waals surface area (Å²) in [7, 11) is 0. The van der Waals surface area contributed by atoms with Crippen molar-refractivity contribution in [2.24, 2.45) is 0 Å². The van der Waals surface area contributed by atoms with E-state index in [0.717, 1.165) is 31.2 Å². The summed E-state index contributed by atoms with van der Waals surface area (Å²) in [5.41, 5.74) is 0.576. The molecule has 1 aliphatic rings. The van der Waals surface area contributed by atoms with Crippen LogP contribution in [0.5, 0.6) is 0 Å². The number of aromatic nitrogens is 2. The summed E-state index contributed by atoms with van der Waals surface area (Å²) >= 11 is 0. The van der Waals surface area contributed by atoms with Crippen molar-refractivity contribution in [2.75, 3.05) is 6.61 Å². The molecule has 1 fully saturated rings. The minimum Gasteiger partial charge on any atom is -0.465 e. The van der Waals surface area contributed by atoms with Crippen molar-refractivity contribution >= 4 is 5.97 Å². The smallest absolute Gasteiger partial charge is 0.326 e. The maximum atomic E-state index is 12.5. The molecule has 5 heteroatoms. The second-order valence-electron chi connectivity index (χ2n) is 6.35. The third-order valence-electron chi connectivity index (χ3n) is 4.06. The van der Waals surface area contributed by atoms with Gasteiger partial charge in [-0.05, 0) is 58.9 Å². The minimum atomic E-state index is -0.576. The molecule has 1 saturated carbocycles. The summed E-state index contributed by atoms with van der Waals surface area (Å²) in [4.78, 5) is 12.5. The molecule has 0 spiro atoms. The Balaban J connectivity index is 2.21. The summed E-state index contributed by atoms with van der Waals surface area (Å²) in [6.07, 6.45) is 7.56. The summed E-state index contributed by atoms with van der Waals surface area (Å²) < 4.78 is 7.35. The number of aryl methyl sites for hydroxylation is 1. The van der Waals surface area contributed by atoms with Crippen LogP contribution in [0.15, 0.2) is 12.4 Å². The van der Waals surface area contributed by atoms with Gasteiger partial charge in [0.25, 0.3) is 0 Å². The SMILES string of the molecule is CCOC(=O)C1(NC(C)C)CCCC(n2cc(C)cn2)C1. The zero-order valence-corrected chi connectivity index (χ0v) is 13.6. The van der Waals surface area contributed by atoms with Crippen LogP contribution in [0.4, 0.5) is 0 Å². The van der Waals surface area contributed by atoms with Crippen LogP contribution in [0.25, 0.3) is 0 Å². The zero-order valence-electron chi connectivity index (χ0n) is 13.6. The van der Waals surface area contributed by atoms with Crippen LogP contribution in [-0.2, 0) is 9.53 Å². The van der Waals surface area contributed by atoms with E-state index >= 15 is 0 Å². The van der Waals surface area contributed by atoms with Gasteiger partial charge in [-0.2, -0.15) is 5.10 Å². The molecule has 0 aliphatic heterocycles. The van der Waals surface area contributed by atoms with Gasteiger partial charge in [0.2, 0.25) is 0 Å². The Bertz CT molecular complexity index is 484. The lowest BCUT2D eigenvalue weighted by atomic mass is 9.78. The fourth-order valence-corrected chi connectivity index (χ4v) is 3.30. The Morgan fingerprint density at radius 3 is 2.95 bits per heavy atom. The van der Waals surface area contributed by atoms with Crippen LogP contribution in [0.2, 0.25) is 0 Å². The van der Waals surface area contributed by atoms with Gasteiger partial charge in [-0.1, -0.05) is 0 Å². The largest absolute Gasteiger partial charge is 0.465 e. The van der Waals surface area contributed by atoms with Crippen molar-refractivity contribution in [3.8, 4) is 0 Å². The standard InChI is InChI=1S/C16H27N3O2/c1-5-21-15(20)16(18-12(2)3)8-6-7-14(9-16)19-11-13(4)10-17-19/h10-12,14,18H,5-9H2,1-4H3. The molecule has 21 heavy (non-hydrogen) atoms. The van der Waals surface area contributed by atoms with Crippen LogP contribution < -0.4 is 5.32 Å². The van der Waals surface area contributed by atoms with E-state index in [0.29, 0.717) is 6.61 Å². The second kappa shape index (κ2) is 6.60. The highest BCUT2D eigenvalue weighted by Gasteiger charge is 2.44. The Kier molecular flexibility index (Phi) is 5.04. The van der Waals surface area contributed by atoms with Crippen LogP contribution in [-0.4, -0.2) is 33.9 Å². The average molecular weight is 293 g/mol. The maximum absolute atomic E-state index is 12.5. The van der Waals surface area contributed by atoms with Gasteiger partial charge in [0.05, 0.1) is 18.8 Å². The highest BCUT2D eigenvalue weighted by atomic mass is 16.5. The molecular weight excluding hydrogens is 266 g/mol. The Morgan fingerprint density at radius 2 is 2.38 bits per heavy atom. The fraction of sp³-hybridized carbons (Fsp3) is 0.750. The summed E-state index contributed by atoms with van der Waals surface area (Å²) in [5, 5.41) is 7.90. The van der Waals surface area contributed by atoms with Crippen LogP contribution >= 0.6 is 0 Å². The van der Waals surface area contributed by atoms with E-state index in [9.17, 15) is 4.79 Å². The lowest BCUT2D eigenvalue weighted by Gasteiger charge is -2.40. The van der Waals surface area contributed by atoms with Crippen molar-refractivity contribution in [1.29, 1.82) is 0 Å². The molecule has 0 radical (unpaired) electrons. The van der Waals surface area contributed by atoms with E-state index < -0.39 is 5.54 Å². The molecule has 2 atom stereocenters. The first kappa shape index (κ1) is 16.0. The number of hydrogen-bond acceptors (Lipinski definition) is 4. The van der Waals surface area contributed by atoms with Gasteiger partial charge in [0.1, 0.15) is 5.54 Å². The molecule has 5 nitrogen and oxygen atoms in total. The lowest BCUT2D eigenvalue weighted by Crippen LogP contribution is -2.58. The minimum absolute atomic E-state index is 0.118. The van der Waals surface area contributed by atoms with Gasteiger partial charge in [-0.25, -0.2) is 0 Å². The van der Waals surface area contributed by atoms with Crippen molar-refractivity contribution in [2.45, 2.75) is 71.0 Å². The Hall–Kier alpha value is -1.36. The molecule has 1 aliphatic carbocycles. The maximum Gasteiger partial charge on any atom is 0.326 e. The number of ether oxygens (including phenoxy) is 1. The molecule has 0 bridgehead atoms. The van der Waals surface area contributed by atoms with Crippen LogP contribution in [0.1, 0.15) is 58.1 Å². The zero-order chi connectivity index (χ0) is 15.5.